The third-order valence-electron chi connectivity index (χ3n) is 4.19. The first-order chi connectivity index (χ1) is 11.3. The summed E-state index contributed by atoms with van der Waals surface area (Å²) in [5, 5.41) is 13.2. The quantitative estimate of drug-likeness (QED) is 0.751. The minimum Gasteiger partial charge on any atom is -0.351 e. The molecular formula is C18H14N4O. The summed E-state index contributed by atoms with van der Waals surface area (Å²) in [5.41, 5.74) is 4.20. The Hall–Kier alpha value is -3.13. The van der Waals surface area contributed by atoms with Gasteiger partial charge in [-0.15, -0.1) is 0 Å². The molecule has 1 N–H and O–H groups in total. The average Bonchev–Trinajstić information content (AvgIpc) is 2.87. The fourth-order valence-electron chi connectivity index (χ4n) is 3.18. The third-order valence-corrected chi connectivity index (χ3v) is 4.19. The summed E-state index contributed by atoms with van der Waals surface area (Å²) in [4.78, 5) is 16.3. The number of hydrogen-bond acceptors (Lipinski definition) is 3. The van der Waals surface area contributed by atoms with Crippen molar-refractivity contribution >= 4 is 16.8 Å². The van der Waals surface area contributed by atoms with Crippen molar-refractivity contribution in [3.8, 4) is 17.2 Å². The van der Waals surface area contributed by atoms with E-state index in [-0.39, 0.29) is 5.91 Å². The number of fused-ring (bicyclic) bond motifs is 3. The maximum Gasteiger partial charge on any atom is 0.267 e. The lowest BCUT2D eigenvalue weighted by Crippen LogP contribution is -2.22. The minimum atomic E-state index is -0.0575. The molecule has 0 fully saturated rings. The predicted octanol–water partition coefficient (Wildman–Crippen LogP) is 2.71. The second-order valence-corrected chi connectivity index (χ2v) is 5.60. The van der Waals surface area contributed by atoms with E-state index in [1.165, 1.54) is 0 Å². The Morgan fingerprint density at radius 2 is 2.04 bits per heavy atom. The van der Waals surface area contributed by atoms with Gasteiger partial charge in [-0.05, 0) is 42.3 Å². The van der Waals surface area contributed by atoms with Crippen LogP contribution in [0.15, 0.2) is 42.7 Å². The minimum absolute atomic E-state index is 0.0575. The molecule has 3 aromatic rings. The van der Waals surface area contributed by atoms with Crippen molar-refractivity contribution in [2.45, 2.75) is 13.0 Å². The number of amides is 1. The monoisotopic (exact) mass is 302 g/mol. The molecule has 0 spiro atoms. The molecule has 0 unspecified atom stereocenters. The molecular weight excluding hydrogens is 288 g/mol. The molecule has 0 radical (unpaired) electrons. The Morgan fingerprint density at radius 3 is 2.83 bits per heavy atom. The molecule has 5 nitrogen and oxygen atoms in total. The van der Waals surface area contributed by atoms with E-state index in [4.69, 9.17) is 0 Å². The molecule has 0 atom stereocenters. The molecule has 0 aliphatic carbocycles. The molecule has 2 aromatic heterocycles. The SMILES string of the molecule is N#Cc1cc(-c2ccncc2)c2c(c1)cc1n2CCCNC1=O. The standard InChI is InChI=1S/C18H14N4O/c19-11-12-8-14-10-16-18(23)21-4-1-7-22(16)17(14)15(9-12)13-2-5-20-6-3-13/h2-3,5-6,8-10H,1,4,7H2,(H,21,23). The number of benzene rings is 1. The molecule has 0 saturated carbocycles. The van der Waals surface area contributed by atoms with Gasteiger partial charge >= 0.3 is 0 Å². The van der Waals surface area contributed by atoms with Crippen molar-refractivity contribution in [3.05, 3.63) is 54.0 Å². The van der Waals surface area contributed by atoms with Crippen molar-refractivity contribution in [2.24, 2.45) is 0 Å². The summed E-state index contributed by atoms with van der Waals surface area (Å²) < 4.78 is 2.06. The van der Waals surface area contributed by atoms with Gasteiger partial charge < -0.3 is 9.88 Å². The molecule has 1 aromatic carbocycles. The van der Waals surface area contributed by atoms with Crippen LogP contribution in [0.3, 0.4) is 0 Å². The number of nitrogens with zero attached hydrogens (tertiary/aromatic N) is 3. The molecule has 3 heterocycles. The number of nitrogens with one attached hydrogen (secondary N) is 1. The number of carbonyl (C=O) groups excluding carboxylic acids is 1. The summed E-state index contributed by atoms with van der Waals surface area (Å²) >= 11 is 0. The van der Waals surface area contributed by atoms with E-state index in [1.807, 2.05) is 30.3 Å². The van der Waals surface area contributed by atoms with Gasteiger partial charge in [-0.2, -0.15) is 5.26 Å². The normalized spacial score (nSPS) is 14.0. The van der Waals surface area contributed by atoms with Crippen LogP contribution in [-0.2, 0) is 6.54 Å². The topological polar surface area (TPSA) is 70.7 Å². The van der Waals surface area contributed by atoms with Gasteiger partial charge in [-0.1, -0.05) is 0 Å². The Morgan fingerprint density at radius 1 is 1.22 bits per heavy atom. The van der Waals surface area contributed by atoms with Crippen LogP contribution in [-0.4, -0.2) is 22.0 Å². The van der Waals surface area contributed by atoms with Crippen LogP contribution < -0.4 is 5.32 Å². The lowest BCUT2D eigenvalue weighted by atomic mass is 10.0. The fraction of sp³-hybridized carbons (Fsp3) is 0.167. The molecule has 4 rings (SSSR count). The maximum atomic E-state index is 12.3. The lowest BCUT2D eigenvalue weighted by Gasteiger charge is -2.10. The Balaban J connectivity index is 2.08. The van der Waals surface area contributed by atoms with E-state index in [2.05, 4.69) is 20.9 Å². The van der Waals surface area contributed by atoms with Crippen molar-refractivity contribution in [3.63, 3.8) is 0 Å². The zero-order valence-electron chi connectivity index (χ0n) is 12.4. The molecule has 23 heavy (non-hydrogen) atoms. The van der Waals surface area contributed by atoms with Gasteiger partial charge in [0.05, 0.1) is 17.1 Å². The number of rotatable bonds is 1. The molecule has 0 bridgehead atoms. The van der Waals surface area contributed by atoms with Crippen LogP contribution in [0.2, 0.25) is 0 Å². The third kappa shape index (κ3) is 2.16. The largest absolute Gasteiger partial charge is 0.351 e. The van der Waals surface area contributed by atoms with Gasteiger partial charge in [-0.25, -0.2) is 0 Å². The van der Waals surface area contributed by atoms with Crippen LogP contribution in [0.1, 0.15) is 22.5 Å². The molecule has 112 valence electrons. The summed E-state index contributed by atoms with van der Waals surface area (Å²) in [6, 6.07) is 11.7. The van der Waals surface area contributed by atoms with Crippen molar-refractivity contribution in [1.29, 1.82) is 5.26 Å². The number of nitriles is 1. The van der Waals surface area contributed by atoms with Gasteiger partial charge in [0, 0.05) is 36.4 Å². The number of aryl methyl sites for hydroxylation is 1. The Kier molecular flexibility index (Phi) is 3.09. The van der Waals surface area contributed by atoms with Crippen LogP contribution in [0, 0.1) is 11.3 Å². The van der Waals surface area contributed by atoms with Crippen LogP contribution in [0.5, 0.6) is 0 Å². The summed E-state index contributed by atoms with van der Waals surface area (Å²) in [5.74, 6) is -0.0575. The van der Waals surface area contributed by atoms with Gasteiger partial charge in [0.25, 0.3) is 5.91 Å². The van der Waals surface area contributed by atoms with Crippen molar-refractivity contribution in [1.82, 2.24) is 14.9 Å². The highest BCUT2D eigenvalue weighted by atomic mass is 16.1. The predicted molar refractivity (Wildman–Crippen MR) is 86.8 cm³/mol. The molecule has 1 amide bonds. The van der Waals surface area contributed by atoms with Crippen molar-refractivity contribution < 1.29 is 4.79 Å². The summed E-state index contributed by atoms with van der Waals surface area (Å²) in [7, 11) is 0. The number of carbonyl (C=O) groups is 1. The average molecular weight is 302 g/mol. The Bertz CT molecular complexity index is 951. The van der Waals surface area contributed by atoms with Gasteiger partial charge in [-0.3, -0.25) is 9.78 Å². The van der Waals surface area contributed by atoms with E-state index in [0.29, 0.717) is 17.8 Å². The lowest BCUT2D eigenvalue weighted by molar-refractivity contribution is 0.0951. The second-order valence-electron chi connectivity index (χ2n) is 5.60. The summed E-state index contributed by atoms with van der Waals surface area (Å²) in [6.45, 7) is 1.46. The van der Waals surface area contributed by atoms with E-state index in [0.717, 1.165) is 35.0 Å². The van der Waals surface area contributed by atoms with E-state index in [9.17, 15) is 10.1 Å². The van der Waals surface area contributed by atoms with Crippen LogP contribution >= 0.6 is 0 Å². The first-order valence-corrected chi connectivity index (χ1v) is 7.54. The zero-order chi connectivity index (χ0) is 15.8. The first-order valence-electron chi connectivity index (χ1n) is 7.54. The highest BCUT2D eigenvalue weighted by molar-refractivity contribution is 6.03. The van der Waals surface area contributed by atoms with E-state index >= 15 is 0 Å². The number of aromatic nitrogens is 2. The maximum absolute atomic E-state index is 12.3. The molecule has 1 aliphatic heterocycles. The number of pyridine rings is 1. The smallest absolute Gasteiger partial charge is 0.267 e. The van der Waals surface area contributed by atoms with Gasteiger partial charge in [0.2, 0.25) is 0 Å². The van der Waals surface area contributed by atoms with Crippen molar-refractivity contribution in [2.75, 3.05) is 6.54 Å². The van der Waals surface area contributed by atoms with Crippen LogP contribution in [0.4, 0.5) is 0 Å². The van der Waals surface area contributed by atoms with E-state index < -0.39 is 0 Å². The zero-order valence-corrected chi connectivity index (χ0v) is 12.4. The summed E-state index contributed by atoms with van der Waals surface area (Å²) in [6.07, 6.45) is 4.36. The first kappa shape index (κ1) is 13.5. The number of hydrogen-bond donors (Lipinski definition) is 1. The highest BCUT2D eigenvalue weighted by Crippen LogP contribution is 2.33. The highest BCUT2D eigenvalue weighted by Gasteiger charge is 2.21. The molecule has 1 aliphatic rings. The van der Waals surface area contributed by atoms with Crippen LogP contribution in [0.25, 0.3) is 22.0 Å². The van der Waals surface area contributed by atoms with E-state index in [1.54, 1.807) is 12.4 Å². The Labute approximate surface area is 133 Å². The second kappa shape index (κ2) is 5.25. The molecule has 5 heteroatoms. The van der Waals surface area contributed by atoms with Gasteiger partial charge in [0.1, 0.15) is 5.69 Å². The molecule has 0 saturated heterocycles. The fourth-order valence-corrected chi connectivity index (χ4v) is 3.18. The van der Waals surface area contributed by atoms with Gasteiger partial charge in [0.15, 0.2) is 0 Å².